The molecule has 4 nitrogen and oxygen atoms in total. The van der Waals surface area contributed by atoms with Crippen LogP contribution in [0.3, 0.4) is 0 Å². The predicted octanol–water partition coefficient (Wildman–Crippen LogP) is 3.01. The Labute approximate surface area is 118 Å². The molecule has 96 valence electrons. The first kappa shape index (κ1) is 13.5. The molecular weight excluding hydrogens is 286 g/mol. The molecule has 0 radical (unpaired) electrons. The summed E-state index contributed by atoms with van der Waals surface area (Å²) in [5.74, 6) is 1.69. The minimum absolute atomic E-state index is 0.642. The van der Waals surface area contributed by atoms with Crippen molar-refractivity contribution < 1.29 is 4.74 Å². The normalized spacial score (nSPS) is 10.5. The van der Waals surface area contributed by atoms with E-state index in [0.29, 0.717) is 6.61 Å². The first-order valence-electron chi connectivity index (χ1n) is 5.26. The zero-order valence-electron chi connectivity index (χ0n) is 9.83. The van der Waals surface area contributed by atoms with Crippen LogP contribution >= 0.6 is 34.9 Å². The van der Waals surface area contributed by atoms with Crippen molar-refractivity contribution in [2.45, 2.75) is 8.68 Å². The molecule has 0 unspecified atom stereocenters. The van der Waals surface area contributed by atoms with Crippen molar-refractivity contribution >= 4 is 40.5 Å². The van der Waals surface area contributed by atoms with Crippen molar-refractivity contribution in [3.05, 3.63) is 24.3 Å². The van der Waals surface area contributed by atoms with Gasteiger partial charge in [0.1, 0.15) is 5.75 Å². The summed E-state index contributed by atoms with van der Waals surface area (Å²) >= 11 is 4.89. The van der Waals surface area contributed by atoms with Crippen LogP contribution in [0.2, 0.25) is 0 Å². The summed E-state index contributed by atoms with van der Waals surface area (Å²) in [4.78, 5) is 0. The minimum atomic E-state index is 0.642. The highest BCUT2D eigenvalue weighted by Crippen LogP contribution is 2.27. The third-order valence-corrected chi connectivity index (χ3v) is 5.02. The molecule has 0 spiro atoms. The van der Waals surface area contributed by atoms with Crippen molar-refractivity contribution in [2.75, 3.05) is 24.3 Å². The first-order valence-corrected chi connectivity index (χ1v) is 8.29. The summed E-state index contributed by atoms with van der Waals surface area (Å²) in [6.07, 6.45) is 2.00. The van der Waals surface area contributed by atoms with E-state index in [2.05, 4.69) is 10.2 Å². The van der Waals surface area contributed by atoms with Gasteiger partial charge in [0.25, 0.3) is 0 Å². The summed E-state index contributed by atoms with van der Waals surface area (Å²) in [6.45, 7) is 0.642. The van der Waals surface area contributed by atoms with Gasteiger partial charge in [-0.3, -0.25) is 0 Å². The van der Waals surface area contributed by atoms with Crippen molar-refractivity contribution in [3.63, 3.8) is 0 Å². The average Bonchev–Trinajstić information content (AvgIpc) is 2.85. The molecule has 1 heterocycles. The Kier molecular flexibility index (Phi) is 5.15. The van der Waals surface area contributed by atoms with Crippen molar-refractivity contribution in [2.24, 2.45) is 0 Å². The third-order valence-electron chi connectivity index (χ3n) is 2.02. The number of thioether (sulfide) groups is 2. The second kappa shape index (κ2) is 6.86. The molecule has 0 atom stereocenters. The fraction of sp³-hybridized carbons (Fsp3) is 0.273. The Bertz CT molecular complexity index is 487. The Morgan fingerprint density at radius 3 is 2.61 bits per heavy atom. The number of nitrogens with zero attached hydrogens (tertiary/aromatic N) is 2. The van der Waals surface area contributed by atoms with Gasteiger partial charge in [-0.25, -0.2) is 0 Å². The predicted molar refractivity (Wildman–Crippen MR) is 78.8 cm³/mol. The summed E-state index contributed by atoms with van der Waals surface area (Å²) < 4.78 is 7.57. The molecule has 18 heavy (non-hydrogen) atoms. The summed E-state index contributed by atoms with van der Waals surface area (Å²) in [7, 11) is 0. The molecule has 0 aliphatic rings. The zero-order chi connectivity index (χ0) is 12.8. The van der Waals surface area contributed by atoms with E-state index in [4.69, 9.17) is 10.5 Å². The van der Waals surface area contributed by atoms with E-state index in [1.165, 1.54) is 0 Å². The maximum atomic E-state index is 5.60. The van der Waals surface area contributed by atoms with Crippen LogP contribution in [0.1, 0.15) is 0 Å². The molecule has 0 saturated heterocycles. The van der Waals surface area contributed by atoms with E-state index < -0.39 is 0 Å². The van der Waals surface area contributed by atoms with Crippen LogP contribution in [0.25, 0.3) is 0 Å². The number of nitrogens with two attached hydrogens (primary N) is 1. The number of hydrogen-bond acceptors (Lipinski definition) is 7. The van der Waals surface area contributed by atoms with E-state index >= 15 is 0 Å². The molecule has 2 N–H and O–H groups in total. The van der Waals surface area contributed by atoms with Crippen LogP contribution in [0.15, 0.2) is 32.9 Å². The van der Waals surface area contributed by atoms with E-state index in [0.717, 1.165) is 25.9 Å². The lowest BCUT2D eigenvalue weighted by Gasteiger charge is -2.04. The number of rotatable bonds is 6. The van der Waals surface area contributed by atoms with Gasteiger partial charge in [0.15, 0.2) is 8.68 Å². The highest BCUT2D eigenvalue weighted by Gasteiger charge is 2.03. The second-order valence-electron chi connectivity index (χ2n) is 3.30. The van der Waals surface area contributed by atoms with Crippen molar-refractivity contribution in [1.29, 1.82) is 0 Å². The van der Waals surface area contributed by atoms with E-state index in [1.807, 2.05) is 30.5 Å². The summed E-state index contributed by atoms with van der Waals surface area (Å²) in [5.41, 5.74) is 6.34. The van der Waals surface area contributed by atoms with E-state index in [9.17, 15) is 0 Å². The summed E-state index contributed by atoms with van der Waals surface area (Å²) in [5, 5.41) is 8.12. The molecule has 0 amide bonds. The molecule has 1 aromatic carbocycles. The lowest BCUT2D eigenvalue weighted by atomic mass is 10.3. The highest BCUT2D eigenvalue weighted by molar-refractivity contribution is 8.02. The number of aromatic nitrogens is 2. The fourth-order valence-electron chi connectivity index (χ4n) is 1.19. The lowest BCUT2D eigenvalue weighted by molar-refractivity contribution is 0.344. The maximum absolute atomic E-state index is 5.60. The van der Waals surface area contributed by atoms with Crippen LogP contribution < -0.4 is 10.5 Å². The SMILES string of the molecule is CSc1nnc(SCCOc2ccc(N)cc2)s1. The zero-order valence-corrected chi connectivity index (χ0v) is 12.3. The van der Waals surface area contributed by atoms with Crippen LogP contribution in [0.5, 0.6) is 5.75 Å². The molecule has 2 aromatic rings. The molecule has 0 fully saturated rings. The fourth-order valence-corrected chi connectivity index (χ4v) is 3.52. The topological polar surface area (TPSA) is 61.0 Å². The number of hydrogen-bond donors (Lipinski definition) is 1. The van der Waals surface area contributed by atoms with E-state index in [-0.39, 0.29) is 0 Å². The molecular formula is C11H13N3OS3. The number of anilines is 1. The largest absolute Gasteiger partial charge is 0.493 e. The van der Waals surface area contributed by atoms with Gasteiger partial charge in [0, 0.05) is 11.4 Å². The van der Waals surface area contributed by atoms with Crippen molar-refractivity contribution in [1.82, 2.24) is 10.2 Å². The van der Waals surface area contributed by atoms with Gasteiger partial charge in [0.2, 0.25) is 0 Å². The Morgan fingerprint density at radius 1 is 1.22 bits per heavy atom. The number of benzene rings is 1. The highest BCUT2D eigenvalue weighted by atomic mass is 32.2. The van der Waals surface area contributed by atoms with Gasteiger partial charge < -0.3 is 10.5 Å². The van der Waals surface area contributed by atoms with Crippen LogP contribution in [0.4, 0.5) is 5.69 Å². The molecule has 0 aliphatic carbocycles. The molecule has 1 aromatic heterocycles. The van der Waals surface area contributed by atoms with Crippen LogP contribution in [-0.4, -0.2) is 28.8 Å². The van der Waals surface area contributed by atoms with Crippen LogP contribution in [-0.2, 0) is 0 Å². The number of nitrogen functional groups attached to an aromatic ring is 1. The minimum Gasteiger partial charge on any atom is -0.493 e. The monoisotopic (exact) mass is 299 g/mol. The van der Waals surface area contributed by atoms with Gasteiger partial charge in [-0.15, -0.1) is 10.2 Å². The van der Waals surface area contributed by atoms with Crippen molar-refractivity contribution in [3.8, 4) is 5.75 Å². The number of ether oxygens (including phenoxy) is 1. The maximum Gasteiger partial charge on any atom is 0.175 e. The Morgan fingerprint density at radius 2 is 1.94 bits per heavy atom. The standard InChI is InChI=1S/C11H13N3OS3/c1-16-10-13-14-11(18-10)17-7-6-15-9-4-2-8(12)3-5-9/h2-5H,6-7,12H2,1H3. The smallest absolute Gasteiger partial charge is 0.175 e. The second-order valence-corrected chi connectivity index (χ2v) is 6.68. The van der Waals surface area contributed by atoms with Gasteiger partial charge in [-0.1, -0.05) is 34.9 Å². The van der Waals surface area contributed by atoms with Crippen LogP contribution in [0, 0.1) is 0 Å². The lowest BCUT2D eigenvalue weighted by Crippen LogP contribution is -2.00. The molecule has 0 aliphatic heterocycles. The molecule has 0 saturated carbocycles. The van der Waals surface area contributed by atoms with Gasteiger partial charge in [-0.2, -0.15) is 0 Å². The first-order chi connectivity index (χ1) is 8.78. The Hall–Kier alpha value is -0.920. The summed E-state index contributed by atoms with van der Waals surface area (Å²) in [6, 6.07) is 7.41. The van der Waals surface area contributed by atoms with Gasteiger partial charge in [-0.05, 0) is 30.5 Å². The Balaban J connectivity index is 1.71. The quantitative estimate of drug-likeness (QED) is 0.502. The molecule has 2 rings (SSSR count). The van der Waals surface area contributed by atoms with E-state index in [1.54, 1.807) is 34.9 Å². The average molecular weight is 299 g/mol. The third kappa shape index (κ3) is 4.08. The van der Waals surface area contributed by atoms with Gasteiger partial charge >= 0.3 is 0 Å². The molecule has 0 bridgehead atoms. The molecule has 7 heteroatoms. The van der Waals surface area contributed by atoms with Gasteiger partial charge in [0.05, 0.1) is 6.61 Å².